The van der Waals surface area contributed by atoms with Crippen LogP contribution in [0.4, 0.5) is 0 Å². The topological polar surface area (TPSA) is 122 Å². The summed E-state index contributed by atoms with van der Waals surface area (Å²) in [6, 6.07) is 11.9. The molecule has 1 aliphatic rings. The van der Waals surface area contributed by atoms with E-state index < -0.39 is 43.1 Å². The van der Waals surface area contributed by atoms with Gasteiger partial charge in [-0.05, 0) is 16.3 Å². The maximum Gasteiger partial charge on any atom is 0.246 e. The van der Waals surface area contributed by atoms with Crippen LogP contribution in [0.2, 0.25) is 0 Å². The van der Waals surface area contributed by atoms with E-state index in [4.69, 9.17) is 9.84 Å². The van der Waals surface area contributed by atoms with Crippen LogP contribution < -0.4 is 0 Å². The Hall–Kier alpha value is -2.03. The quantitative estimate of drug-likeness (QED) is 0.459. The Bertz CT molecular complexity index is 759. The normalized spacial score (nSPS) is 30.6. The van der Waals surface area contributed by atoms with Gasteiger partial charge in [0.15, 0.2) is 6.29 Å². The van der Waals surface area contributed by atoms with Crippen LogP contribution in [-0.2, 0) is 16.3 Å². The molecule has 0 spiro atoms. The Morgan fingerprint density at radius 2 is 1.76 bits per heavy atom. The van der Waals surface area contributed by atoms with Gasteiger partial charge in [0.25, 0.3) is 0 Å². The lowest BCUT2D eigenvalue weighted by atomic mass is 9.97. The molecule has 133 valence electrons. The van der Waals surface area contributed by atoms with Crippen molar-refractivity contribution >= 4 is 16.7 Å². The fraction of sp³-hybridized carbons (Fsp3) is 0.389. The number of hydrogen-bond acceptors (Lipinski definition) is 6. The molecular weight excluding hydrogens is 326 g/mol. The summed E-state index contributed by atoms with van der Waals surface area (Å²) in [5.41, 5.74) is 0.779. The van der Waals surface area contributed by atoms with Crippen LogP contribution in [0, 0.1) is 0 Å². The molecule has 2 aromatic rings. The molecule has 1 heterocycles. The number of aliphatic imine (C=N–C) groups is 1. The van der Waals surface area contributed by atoms with Crippen molar-refractivity contribution < 1.29 is 30.3 Å². The van der Waals surface area contributed by atoms with Crippen molar-refractivity contribution in [1.82, 2.24) is 0 Å². The minimum Gasteiger partial charge on any atom is -0.394 e. The van der Waals surface area contributed by atoms with E-state index in [2.05, 4.69) is 4.99 Å². The zero-order valence-corrected chi connectivity index (χ0v) is 13.4. The summed E-state index contributed by atoms with van der Waals surface area (Å²) in [5.74, 6) is -0.544. The lowest BCUT2D eigenvalue weighted by molar-refractivity contribution is -0.248. The number of aliphatic hydroxyl groups excluding tert-OH is 4. The third-order valence-electron chi connectivity index (χ3n) is 4.38. The number of fused-ring (bicyclic) bond motifs is 1. The summed E-state index contributed by atoms with van der Waals surface area (Å²) in [4.78, 5) is 3.81. The van der Waals surface area contributed by atoms with Gasteiger partial charge in [0.05, 0.1) is 13.0 Å². The van der Waals surface area contributed by atoms with Crippen LogP contribution in [0.25, 0.3) is 10.8 Å². The van der Waals surface area contributed by atoms with Crippen LogP contribution in [0.15, 0.2) is 47.5 Å². The standard InChI is InChI=1S/C18H20NO6/c20-9-13-16(22)17(23)15(18(24)25-13)19-14(21)8-11-6-3-5-10-4-1-2-7-12(10)11/h1-7,13,15-18,20,22-24H,8-9H2/t13-,15-,16-,17-,18-/m1/s1. The van der Waals surface area contributed by atoms with Crippen molar-refractivity contribution in [3.8, 4) is 0 Å². The van der Waals surface area contributed by atoms with Gasteiger partial charge in [0, 0.05) is 0 Å². The van der Waals surface area contributed by atoms with Gasteiger partial charge in [-0.2, -0.15) is 0 Å². The fourth-order valence-corrected chi connectivity index (χ4v) is 3.04. The third-order valence-corrected chi connectivity index (χ3v) is 4.38. The summed E-state index contributed by atoms with van der Waals surface area (Å²) in [6.07, 6.45) is -5.64. The number of hydrogen-bond donors (Lipinski definition) is 4. The largest absolute Gasteiger partial charge is 0.394 e. The predicted octanol–water partition coefficient (Wildman–Crippen LogP) is 0.0112. The first-order valence-corrected chi connectivity index (χ1v) is 8.02. The highest BCUT2D eigenvalue weighted by atomic mass is 16.6. The summed E-state index contributed by atoms with van der Waals surface area (Å²) in [5, 5.41) is 53.1. The lowest BCUT2D eigenvalue weighted by Gasteiger charge is -2.38. The van der Waals surface area contributed by atoms with E-state index >= 15 is 0 Å². The minimum absolute atomic E-state index is 0.00316. The van der Waals surface area contributed by atoms with Gasteiger partial charge in [-0.15, -0.1) is 0 Å². The number of rotatable bonds is 4. The van der Waals surface area contributed by atoms with E-state index in [0.29, 0.717) is 0 Å². The van der Waals surface area contributed by atoms with Gasteiger partial charge in [0.1, 0.15) is 24.4 Å². The first kappa shape index (κ1) is 17.8. The Balaban J connectivity index is 1.81. The molecule has 0 aliphatic carbocycles. The highest BCUT2D eigenvalue weighted by Crippen LogP contribution is 2.23. The zero-order chi connectivity index (χ0) is 18.0. The maximum absolute atomic E-state index is 12.3. The summed E-state index contributed by atoms with van der Waals surface area (Å²) in [6.45, 7) is -0.564. The molecule has 0 unspecified atom stereocenters. The van der Waals surface area contributed by atoms with Gasteiger partial charge in [0.2, 0.25) is 5.90 Å². The van der Waals surface area contributed by atoms with Crippen LogP contribution in [0.5, 0.6) is 0 Å². The smallest absolute Gasteiger partial charge is 0.246 e. The van der Waals surface area contributed by atoms with E-state index in [9.17, 15) is 20.4 Å². The average Bonchev–Trinajstić information content (AvgIpc) is 2.62. The number of benzene rings is 2. The second-order valence-corrected chi connectivity index (χ2v) is 6.06. The van der Waals surface area contributed by atoms with Crippen molar-refractivity contribution in [1.29, 1.82) is 0 Å². The van der Waals surface area contributed by atoms with Gasteiger partial charge in [-0.3, -0.25) is 5.11 Å². The molecule has 25 heavy (non-hydrogen) atoms. The summed E-state index contributed by atoms with van der Waals surface area (Å²) >= 11 is 0. The Kier molecular flexibility index (Phi) is 5.31. The van der Waals surface area contributed by atoms with Crippen LogP contribution in [-0.4, -0.2) is 63.6 Å². The number of ether oxygens (including phenoxy) is 1. The number of nitrogens with zero attached hydrogens (tertiary/aromatic N) is 1. The van der Waals surface area contributed by atoms with Crippen molar-refractivity contribution in [2.45, 2.75) is 37.1 Å². The van der Waals surface area contributed by atoms with Crippen molar-refractivity contribution in [3.63, 3.8) is 0 Å². The molecule has 3 rings (SSSR count). The first-order valence-electron chi connectivity index (χ1n) is 8.02. The van der Waals surface area contributed by atoms with Gasteiger partial charge in [-0.25, -0.2) is 4.99 Å². The average molecular weight is 346 g/mol. The lowest BCUT2D eigenvalue weighted by Crippen LogP contribution is -2.58. The van der Waals surface area contributed by atoms with E-state index in [1.807, 2.05) is 42.5 Å². The zero-order valence-electron chi connectivity index (χ0n) is 13.4. The molecule has 7 heteroatoms. The van der Waals surface area contributed by atoms with Crippen molar-refractivity contribution in [3.05, 3.63) is 48.0 Å². The molecular formula is C18H20NO6. The molecule has 2 aromatic carbocycles. The Labute approximate surface area is 144 Å². The molecule has 0 bridgehead atoms. The van der Waals surface area contributed by atoms with Gasteiger partial charge >= 0.3 is 0 Å². The maximum atomic E-state index is 12.3. The SMILES string of the molecule is [O]C(Cc1cccc2ccccc12)=N[C@@H]1[C@@H](O)[C@H](O)[C@@H](CO)O[C@H]1O. The molecule has 7 nitrogen and oxygen atoms in total. The molecule has 0 amide bonds. The van der Waals surface area contributed by atoms with Crippen molar-refractivity contribution in [2.75, 3.05) is 6.61 Å². The van der Waals surface area contributed by atoms with E-state index in [-0.39, 0.29) is 6.42 Å². The molecule has 1 aliphatic heterocycles. The molecule has 1 saturated heterocycles. The first-order chi connectivity index (χ1) is 12.0. The summed E-state index contributed by atoms with van der Waals surface area (Å²) in [7, 11) is 0. The van der Waals surface area contributed by atoms with Gasteiger partial charge < -0.3 is 25.2 Å². The molecule has 4 N–H and O–H groups in total. The third kappa shape index (κ3) is 3.65. The highest BCUT2D eigenvalue weighted by molar-refractivity contribution is 5.89. The Morgan fingerprint density at radius 1 is 1.04 bits per heavy atom. The van der Waals surface area contributed by atoms with Crippen LogP contribution in [0.1, 0.15) is 5.56 Å². The molecule has 1 radical (unpaired) electrons. The fourth-order valence-electron chi connectivity index (χ4n) is 3.04. The molecule has 0 saturated carbocycles. The predicted molar refractivity (Wildman–Crippen MR) is 89.5 cm³/mol. The summed E-state index contributed by atoms with van der Waals surface area (Å²) < 4.78 is 5.00. The van der Waals surface area contributed by atoms with Crippen LogP contribution >= 0.6 is 0 Å². The van der Waals surface area contributed by atoms with E-state index in [1.54, 1.807) is 0 Å². The highest BCUT2D eigenvalue weighted by Gasteiger charge is 2.44. The van der Waals surface area contributed by atoms with Crippen molar-refractivity contribution in [2.24, 2.45) is 4.99 Å². The second kappa shape index (κ2) is 7.47. The molecule has 0 aromatic heterocycles. The van der Waals surface area contributed by atoms with Crippen LogP contribution in [0.3, 0.4) is 0 Å². The number of aliphatic hydroxyl groups is 4. The Morgan fingerprint density at radius 3 is 2.52 bits per heavy atom. The van der Waals surface area contributed by atoms with E-state index in [1.165, 1.54) is 0 Å². The monoisotopic (exact) mass is 346 g/mol. The molecule has 5 atom stereocenters. The van der Waals surface area contributed by atoms with E-state index in [0.717, 1.165) is 16.3 Å². The molecule has 1 fully saturated rings. The van der Waals surface area contributed by atoms with Gasteiger partial charge in [-0.1, -0.05) is 42.5 Å². The second-order valence-electron chi connectivity index (χ2n) is 6.06. The minimum atomic E-state index is -1.58.